The summed E-state index contributed by atoms with van der Waals surface area (Å²) in [6.07, 6.45) is -1.37. The minimum Gasteiger partial charge on any atom is -0.367 e. The number of rotatable bonds is 2. The molecule has 0 radical (unpaired) electrons. The molecule has 2 aliphatic rings. The summed E-state index contributed by atoms with van der Waals surface area (Å²) in [6.45, 7) is 2.06. The molecule has 0 aromatic heterocycles. The van der Waals surface area contributed by atoms with Crippen LogP contribution in [0.15, 0.2) is 18.2 Å². The van der Waals surface area contributed by atoms with Crippen LogP contribution in [0.25, 0.3) is 0 Å². The van der Waals surface area contributed by atoms with Crippen molar-refractivity contribution in [1.29, 1.82) is 0 Å². The van der Waals surface area contributed by atoms with Crippen molar-refractivity contribution in [2.75, 3.05) is 31.1 Å². The number of nitrogens with zero attached hydrogens (tertiary/aromatic N) is 2. The van der Waals surface area contributed by atoms with Gasteiger partial charge in [-0.3, -0.25) is 4.79 Å². The summed E-state index contributed by atoms with van der Waals surface area (Å²) in [5.74, 6) is 0.338. The predicted octanol–water partition coefficient (Wildman–Crippen LogP) is 3.81. The molecule has 0 bridgehead atoms. The third-order valence-corrected chi connectivity index (χ3v) is 4.98. The van der Waals surface area contributed by atoms with Gasteiger partial charge in [-0.1, -0.05) is 18.0 Å². The van der Waals surface area contributed by atoms with E-state index in [2.05, 4.69) is 0 Å². The fourth-order valence-electron chi connectivity index (χ4n) is 3.01. The van der Waals surface area contributed by atoms with Crippen molar-refractivity contribution >= 4 is 23.2 Å². The molecular weight excluding hydrogens is 329 g/mol. The Morgan fingerprint density at radius 3 is 2.30 bits per heavy atom. The van der Waals surface area contributed by atoms with Crippen molar-refractivity contribution < 1.29 is 18.0 Å². The zero-order valence-electron chi connectivity index (χ0n) is 12.6. The van der Waals surface area contributed by atoms with Gasteiger partial charge in [-0.15, -0.1) is 0 Å². The molecular formula is C16H18ClF3N2O. The molecule has 7 heteroatoms. The van der Waals surface area contributed by atoms with E-state index >= 15 is 0 Å². The molecule has 1 aromatic rings. The molecule has 1 heterocycles. The van der Waals surface area contributed by atoms with Crippen molar-refractivity contribution in [1.82, 2.24) is 4.90 Å². The molecule has 126 valence electrons. The first-order valence-corrected chi connectivity index (χ1v) is 8.14. The maximum absolute atomic E-state index is 12.9. The molecule has 3 rings (SSSR count). The summed E-state index contributed by atoms with van der Waals surface area (Å²) in [6, 6.07) is 3.36. The van der Waals surface area contributed by atoms with Crippen LogP contribution in [-0.4, -0.2) is 37.0 Å². The average molecular weight is 347 g/mol. The highest BCUT2D eigenvalue weighted by Gasteiger charge is 2.33. The van der Waals surface area contributed by atoms with Crippen LogP contribution in [0.1, 0.15) is 24.8 Å². The fraction of sp³-hybridized carbons (Fsp3) is 0.562. The summed E-state index contributed by atoms with van der Waals surface area (Å²) in [5.41, 5.74) is -0.317. The lowest BCUT2D eigenvalue weighted by molar-refractivity contribution is -0.138. The highest BCUT2D eigenvalue weighted by atomic mass is 35.5. The van der Waals surface area contributed by atoms with Gasteiger partial charge in [0.25, 0.3) is 0 Å². The third-order valence-electron chi connectivity index (χ3n) is 4.66. The quantitative estimate of drug-likeness (QED) is 0.813. The van der Waals surface area contributed by atoms with Gasteiger partial charge in [0.1, 0.15) is 0 Å². The number of anilines is 1. The molecule has 1 aliphatic heterocycles. The molecule has 0 spiro atoms. The van der Waals surface area contributed by atoms with Crippen LogP contribution in [-0.2, 0) is 11.0 Å². The molecule has 0 N–H and O–H groups in total. The average Bonchev–Trinajstić information content (AvgIpc) is 2.45. The van der Waals surface area contributed by atoms with E-state index in [1.54, 1.807) is 0 Å². The van der Waals surface area contributed by atoms with Crippen LogP contribution in [0.5, 0.6) is 0 Å². The van der Waals surface area contributed by atoms with Crippen LogP contribution < -0.4 is 4.90 Å². The van der Waals surface area contributed by atoms with Crippen LogP contribution >= 0.6 is 11.6 Å². The first-order valence-electron chi connectivity index (χ1n) is 7.77. The van der Waals surface area contributed by atoms with Crippen molar-refractivity contribution in [3.8, 4) is 0 Å². The summed E-state index contributed by atoms with van der Waals surface area (Å²) in [7, 11) is 0. The second-order valence-corrected chi connectivity index (χ2v) is 6.51. The number of alkyl halides is 3. The zero-order chi connectivity index (χ0) is 16.6. The van der Waals surface area contributed by atoms with Gasteiger partial charge in [0, 0.05) is 32.1 Å². The first-order chi connectivity index (χ1) is 10.9. The predicted molar refractivity (Wildman–Crippen MR) is 82.6 cm³/mol. The molecule has 23 heavy (non-hydrogen) atoms. The monoisotopic (exact) mass is 346 g/mol. The van der Waals surface area contributed by atoms with Crippen LogP contribution in [0, 0.1) is 5.92 Å². The Balaban J connectivity index is 1.68. The molecule has 1 amide bonds. The van der Waals surface area contributed by atoms with Gasteiger partial charge in [0.15, 0.2) is 0 Å². The number of halogens is 4. The molecule has 1 saturated heterocycles. The standard InChI is InChI=1S/C16H18ClF3N2O/c17-13-5-4-12(16(18,19)20)10-14(13)21-6-8-22(9-7-21)15(23)11-2-1-3-11/h4-5,10-11H,1-3,6-9H2. The summed E-state index contributed by atoms with van der Waals surface area (Å²) in [5, 5.41) is 0.303. The Bertz CT molecular complexity index is 593. The lowest BCUT2D eigenvalue weighted by Crippen LogP contribution is -2.51. The molecule has 0 atom stereocenters. The fourth-order valence-corrected chi connectivity index (χ4v) is 3.25. The largest absolute Gasteiger partial charge is 0.416 e. The number of carbonyl (C=O) groups is 1. The molecule has 1 saturated carbocycles. The zero-order valence-corrected chi connectivity index (χ0v) is 13.3. The Labute approximate surface area is 138 Å². The van der Waals surface area contributed by atoms with Gasteiger partial charge >= 0.3 is 6.18 Å². The number of amides is 1. The van der Waals surface area contributed by atoms with Gasteiger partial charge in [0.2, 0.25) is 5.91 Å². The highest BCUT2D eigenvalue weighted by Crippen LogP contribution is 2.36. The Hall–Kier alpha value is -1.43. The van der Waals surface area contributed by atoms with E-state index in [0.29, 0.717) is 36.9 Å². The van der Waals surface area contributed by atoms with Crippen molar-refractivity contribution in [2.24, 2.45) is 5.92 Å². The second-order valence-electron chi connectivity index (χ2n) is 6.10. The third kappa shape index (κ3) is 3.42. The molecule has 1 aliphatic carbocycles. The summed E-state index contributed by atoms with van der Waals surface area (Å²) in [4.78, 5) is 15.9. The lowest BCUT2D eigenvalue weighted by atomic mass is 9.84. The molecule has 2 fully saturated rings. The van der Waals surface area contributed by atoms with Crippen molar-refractivity contribution in [3.05, 3.63) is 28.8 Å². The maximum atomic E-state index is 12.9. The van der Waals surface area contributed by atoms with E-state index < -0.39 is 11.7 Å². The van der Waals surface area contributed by atoms with Crippen molar-refractivity contribution in [3.63, 3.8) is 0 Å². The van der Waals surface area contributed by atoms with Crippen molar-refractivity contribution in [2.45, 2.75) is 25.4 Å². The van der Waals surface area contributed by atoms with E-state index in [0.717, 1.165) is 31.4 Å². The van der Waals surface area contributed by atoms with Crippen LogP contribution in [0.2, 0.25) is 5.02 Å². The Morgan fingerprint density at radius 2 is 1.78 bits per heavy atom. The Kier molecular flexibility index (Phi) is 4.45. The minimum atomic E-state index is -4.39. The number of hydrogen-bond acceptors (Lipinski definition) is 2. The topological polar surface area (TPSA) is 23.6 Å². The van der Waals surface area contributed by atoms with Gasteiger partial charge in [-0.2, -0.15) is 13.2 Å². The first kappa shape index (κ1) is 16.4. The number of carbonyl (C=O) groups excluding carboxylic acids is 1. The Morgan fingerprint density at radius 1 is 1.13 bits per heavy atom. The highest BCUT2D eigenvalue weighted by molar-refractivity contribution is 6.33. The SMILES string of the molecule is O=C(C1CCC1)N1CCN(c2cc(C(F)(F)F)ccc2Cl)CC1. The lowest BCUT2D eigenvalue weighted by Gasteiger charge is -2.39. The smallest absolute Gasteiger partial charge is 0.367 e. The van der Waals surface area contributed by atoms with Crippen LogP contribution in [0.4, 0.5) is 18.9 Å². The van der Waals surface area contributed by atoms with Gasteiger partial charge < -0.3 is 9.80 Å². The normalized spacial score (nSPS) is 19.7. The van der Waals surface area contributed by atoms with Gasteiger partial charge in [-0.25, -0.2) is 0 Å². The van der Waals surface area contributed by atoms with E-state index in [-0.39, 0.29) is 11.8 Å². The molecule has 0 unspecified atom stereocenters. The van der Waals surface area contributed by atoms with E-state index in [1.165, 1.54) is 6.07 Å². The molecule has 1 aromatic carbocycles. The van der Waals surface area contributed by atoms with E-state index in [1.807, 2.05) is 9.80 Å². The number of hydrogen-bond donors (Lipinski definition) is 0. The summed E-state index contributed by atoms with van der Waals surface area (Å²) < 4.78 is 38.6. The number of benzene rings is 1. The number of piperazine rings is 1. The van der Waals surface area contributed by atoms with Gasteiger partial charge in [-0.05, 0) is 31.0 Å². The van der Waals surface area contributed by atoms with Gasteiger partial charge in [0.05, 0.1) is 16.3 Å². The second kappa shape index (κ2) is 6.23. The van der Waals surface area contributed by atoms with Crippen LogP contribution in [0.3, 0.4) is 0 Å². The van der Waals surface area contributed by atoms with E-state index in [4.69, 9.17) is 11.6 Å². The van der Waals surface area contributed by atoms with E-state index in [9.17, 15) is 18.0 Å². The maximum Gasteiger partial charge on any atom is 0.416 e. The molecule has 3 nitrogen and oxygen atoms in total. The summed E-state index contributed by atoms with van der Waals surface area (Å²) >= 11 is 6.07. The minimum absolute atomic E-state index is 0.152.